The van der Waals surface area contributed by atoms with Gasteiger partial charge in [-0.3, -0.25) is 4.90 Å². The van der Waals surface area contributed by atoms with E-state index in [-0.39, 0.29) is 24.8 Å². The van der Waals surface area contributed by atoms with Gasteiger partial charge in [0.2, 0.25) is 0 Å². The molecule has 0 aromatic heterocycles. The fourth-order valence-corrected chi connectivity index (χ4v) is 1.22. The second kappa shape index (κ2) is 6.06. The van der Waals surface area contributed by atoms with E-state index in [0.29, 0.717) is 12.1 Å². The van der Waals surface area contributed by atoms with Gasteiger partial charge < -0.3 is 5.32 Å². The summed E-state index contributed by atoms with van der Waals surface area (Å²) in [4.78, 5) is 2.41. The SMILES string of the molecule is C[C@@H]1CNC[C@H](C)N1C.Cl.Cl. The van der Waals surface area contributed by atoms with Gasteiger partial charge in [-0.1, -0.05) is 0 Å². The van der Waals surface area contributed by atoms with E-state index < -0.39 is 0 Å². The van der Waals surface area contributed by atoms with Gasteiger partial charge in [0.25, 0.3) is 0 Å². The van der Waals surface area contributed by atoms with Crippen molar-refractivity contribution in [1.82, 2.24) is 10.2 Å². The lowest BCUT2D eigenvalue weighted by molar-refractivity contribution is 0.152. The normalized spacial score (nSPS) is 31.9. The highest BCUT2D eigenvalue weighted by atomic mass is 35.5. The van der Waals surface area contributed by atoms with Gasteiger partial charge in [-0.2, -0.15) is 0 Å². The number of piperazine rings is 1. The maximum absolute atomic E-state index is 3.37. The van der Waals surface area contributed by atoms with Crippen LogP contribution in [0.5, 0.6) is 0 Å². The predicted molar refractivity (Wildman–Crippen MR) is 54.1 cm³/mol. The van der Waals surface area contributed by atoms with Crippen molar-refractivity contribution < 1.29 is 0 Å². The third-order valence-electron chi connectivity index (χ3n) is 2.27. The molecule has 1 rings (SSSR count). The van der Waals surface area contributed by atoms with Gasteiger partial charge >= 0.3 is 0 Å². The molecule has 0 radical (unpaired) electrons. The van der Waals surface area contributed by atoms with Crippen molar-refractivity contribution >= 4 is 24.8 Å². The second-order valence-electron chi connectivity index (χ2n) is 3.02. The average Bonchev–Trinajstić information content (AvgIpc) is 1.83. The van der Waals surface area contributed by atoms with E-state index in [2.05, 4.69) is 31.1 Å². The highest BCUT2D eigenvalue weighted by molar-refractivity contribution is 5.85. The number of hydrogen-bond donors (Lipinski definition) is 1. The molecule has 2 atom stereocenters. The number of rotatable bonds is 0. The first-order valence-electron chi connectivity index (χ1n) is 3.64. The first kappa shape index (κ1) is 14.0. The standard InChI is InChI=1S/C7H16N2.2ClH/c1-6-4-8-5-7(2)9(6)3;;/h6-8H,4-5H2,1-3H3;2*1H/t6-,7+;;. The molecule has 1 aliphatic heterocycles. The minimum absolute atomic E-state index is 0. The van der Waals surface area contributed by atoms with Gasteiger partial charge in [-0.25, -0.2) is 0 Å². The maximum atomic E-state index is 3.37. The van der Waals surface area contributed by atoms with Crippen molar-refractivity contribution in [2.45, 2.75) is 25.9 Å². The Morgan fingerprint density at radius 1 is 1.09 bits per heavy atom. The molecule has 1 heterocycles. The lowest BCUT2D eigenvalue weighted by Crippen LogP contribution is -2.52. The van der Waals surface area contributed by atoms with E-state index in [1.54, 1.807) is 0 Å². The largest absolute Gasteiger partial charge is 0.314 e. The molecule has 4 heteroatoms. The number of likely N-dealkylation sites (N-methyl/N-ethyl adjacent to an activating group) is 1. The van der Waals surface area contributed by atoms with E-state index in [4.69, 9.17) is 0 Å². The molecule has 1 N–H and O–H groups in total. The maximum Gasteiger partial charge on any atom is 0.0192 e. The summed E-state index contributed by atoms with van der Waals surface area (Å²) < 4.78 is 0. The van der Waals surface area contributed by atoms with Crippen LogP contribution in [-0.4, -0.2) is 37.1 Å². The fraction of sp³-hybridized carbons (Fsp3) is 1.00. The molecule has 0 spiro atoms. The molecule has 1 aliphatic rings. The molecule has 2 nitrogen and oxygen atoms in total. The molecule has 0 aromatic rings. The van der Waals surface area contributed by atoms with Crippen LogP contribution in [-0.2, 0) is 0 Å². The first-order valence-corrected chi connectivity index (χ1v) is 3.64. The zero-order chi connectivity index (χ0) is 6.85. The molecule has 70 valence electrons. The molecular formula is C7H18Cl2N2. The number of hydrogen-bond acceptors (Lipinski definition) is 2. The van der Waals surface area contributed by atoms with Crippen LogP contribution in [0.1, 0.15) is 13.8 Å². The molecule has 0 aromatic carbocycles. The van der Waals surface area contributed by atoms with Crippen LogP contribution in [0.4, 0.5) is 0 Å². The third-order valence-corrected chi connectivity index (χ3v) is 2.27. The average molecular weight is 201 g/mol. The molecule has 0 aliphatic carbocycles. The second-order valence-corrected chi connectivity index (χ2v) is 3.02. The van der Waals surface area contributed by atoms with Gasteiger partial charge in [0.1, 0.15) is 0 Å². The minimum atomic E-state index is 0. The fourth-order valence-electron chi connectivity index (χ4n) is 1.22. The highest BCUT2D eigenvalue weighted by Crippen LogP contribution is 2.04. The monoisotopic (exact) mass is 200 g/mol. The quantitative estimate of drug-likeness (QED) is 0.632. The summed E-state index contributed by atoms with van der Waals surface area (Å²) in [5, 5.41) is 3.37. The van der Waals surface area contributed by atoms with Gasteiger partial charge in [0.05, 0.1) is 0 Å². The Balaban J connectivity index is 0. The molecule has 0 amide bonds. The van der Waals surface area contributed by atoms with Crippen LogP contribution < -0.4 is 5.32 Å². The van der Waals surface area contributed by atoms with Crippen LogP contribution in [0.2, 0.25) is 0 Å². The van der Waals surface area contributed by atoms with Crippen molar-refractivity contribution in [3.63, 3.8) is 0 Å². The van der Waals surface area contributed by atoms with E-state index >= 15 is 0 Å². The summed E-state index contributed by atoms with van der Waals surface area (Å²) in [6, 6.07) is 1.41. The Morgan fingerprint density at radius 3 is 1.73 bits per heavy atom. The van der Waals surface area contributed by atoms with Gasteiger partial charge in [-0.15, -0.1) is 24.8 Å². The predicted octanol–water partition coefficient (Wildman–Crippen LogP) is 1.14. The summed E-state index contributed by atoms with van der Waals surface area (Å²) in [6.07, 6.45) is 0. The molecule has 1 saturated heterocycles. The number of halogens is 2. The van der Waals surface area contributed by atoms with Crippen molar-refractivity contribution in [3.8, 4) is 0 Å². The van der Waals surface area contributed by atoms with E-state index in [9.17, 15) is 0 Å². The number of nitrogens with one attached hydrogen (secondary N) is 1. The smallest absolute Gasteiger partial charge is 0.0192 e. The topological polar surface area (TPSA) is 15.3 Å². The van der Waals surface area contributed by atoms with Crippen LogP contribution in [0.3, 0.4) is 0 Å². The Labute approximate surface area is 81.5 Å². The summed E-state index contributed by atoms with van der Waals surface area (Å²) in [5.74, 6) is 0. The van der Waals surface area contributed by atoms with Crippen LogP contribution in [0.25, 0.3) is 0 Å². The molecule has 1 fully saturated rings. The van der Waals surface area contributed by atoms with Crippen LogP contribution >= 0.6 is 24.8 Å². The zero-order valence-corrected chi connectivity index (χ0v) is 8.97. The molecule has 0 saturated carbocycles. The Morgan fingerprint density at radius 2 is 1.45 bits per heavy atom. The van der Waals surface area contributed by atoms with Crippen LogP contribution in [0, 0.1) is 0 Å². The lowest BCUT2D eigenvalue weighted by Gasteiger charge is -2.36. The Kier molecular flexibility index (Phi) is 7.75. The summed E-state index contributed by atoms with van der Waals surface area (Å²) in [5.41, 5.74) is 0. The lowest BCUT2D eigenvalue weighted by atomic mass is 10.1. The zero-order valence-electron chi connectivity index (χ0n) is 7.33. The van der Waals surface area contributed by atoms with Crippen molar-refractivity contribution in [1.29, 1.82) is 0 Å². The Hall–Kier alpha value is 0.500. The number of nitrogens with zero attached hydrogens (tertiary/aromatic N) is 1. The van der Waals surface area contributed by atoms with E-state index in [1.807, 2.05) is 0 Å². The third kappa shape index (κ3) is 3.61. The van der Waals surface area contributed by atoms with Crippen molar-refractivity contribution in [2.75, 3.05) is 20.1 Å². The van der Waals surface area contributed by atoms with Gasteiger partial charge in [0.15, 0.2) is 0 Å². The summed E-state index contributed by atoms with van der Waals surface area (Å²) in [6.45, 7) is 6.78. The highest BCUT2D eigenvalue weighted by Gasteiger charge is 2.19. The summed E-state index contributed by atoms with van der Waals surface area (Å²) in [7, 11) is 2.19. The minimum Gasteiger partial charge on any atom is -0.314 e. The molecule has 11 heavy (non-hydrogen) atoms. The molecule has 0 bridgehead atoms. The summed E-state index contributed by atoms with van der Waals surface area (Å²) >= 11 is 0. The van der Waals surface area contributed by atoms with Crippen molar-refractivity contribution in [3.05, 3.63) is 0 Å². The van der Waals surface area contributed by atoms with Crippen LogP contribution in [0.15, 0.2) is 0 Å². The first-order chi connectivity index (χ1) is 4.22. The van der Waals surface area contributed by atoms with Gasteiger partial charge in [-0.05, 0) is 20.9 Å². The molecule has 0 unspecified atom stereocenters. The molecular weight excluding hydrogens is 183 g/mol. The van der Waals surface area contributed by atoms with E-state index in [1.165, 1.54) is 0 Å². The van der Waals surface area contributed by atoms with Gasteiger partial charge in [0, 0.05) is 25.2 Å². The van der Waals surface area contributed by atoms with Crippen molar-refractivity contribution in [2.24, 2.45) is 0 Å². The van der Waals surface area contributed by atoms with E-state index in [0.717, 1.165) is 13.1 Å². The Bertz CT molecular complexity index is 90.4.